The van der Waals surface area contributed by atoms with Crippen molar-refractivity contribution in [2.24, 2.45) is 0 Å². The lowest BCUT2D eigenvalue weighted by molar-refractivity contribution is 0.640. The highest BCUT2D eigenvalue weighted by Gasteiger charge is 2.37. The number of hydrogen-bond acceptors (Lipinski definition) is 2. The SMILES string of the molecule is C\C(=C/C(=C\C(=S)c1ccccc1)/C=C/C1=C(Cl)C(=C/C=C2/N(C)c3ccccc3C2(C)C)/CCC1)c1ccccc1. The normalized spacial score (nSPS) is 19.2. The summed E-state index contributed by atoms with van der Waals surface area (Å²) in [5.74, 6) is 0. The van der Waals surface area contributed by atoms with Crippen molar-refractivity contribution in [3.63, 3.8) is 0 Å². The summed E-state index contributed by atoms with van der Waals surface area (Å²) in [6, 6.07) is 29.3. The van der Waals surface area contributed by atoms with Gasteiger partial charge in [-0.15, -0.1) is 0 Å². The van der Waals surface area contributed by atoms with Crippen molar-refractivity contribution in [1.82, 2.24) is 0 Å². The zero-order valence-corrected chi connectivity index (χ0v) is 26.5. The predicted octanol–water partition coefficient (Wildman–Crippen LogP) is 10.9. The minimum Gasteiger partial charge on any atom is -0.347 e. The Balaban J connectivity index is 1.46. The molecule has 0 unspecified atom stereocenters. The van der Waals surface area contributed by atoms with Crippen molar-refractivity contribution in [2.45, 2.75) is 45.4 Å². The molecule has 5 rings (SSSR count). The molecular formula is C39H38ClNS. The summed E-state index contributed by atoms with van der Waals surface area (Å²) < 4.78 is 0. The van der Waals surface area contributed by atoms with Gasteiger partial charge in [0, 0.05) is 33.7 Å². The maximum atomic E-state index is 7.07. The van der Waals surface area contributed by atoms with E-state index >= 15 is 0 Å². The van der Waals surface area contributed by atoms with Crippen LogP contribution in [0, 0.1) is 0 Å². The second-order valence-electron chi connectivity index (χ2n) is 11.5. The highest BCUT2D eigenvalue weighted by atomic mass is 35.5. The Morgan fingerprint density at radius 3 is 2.17 bits per heavy atom. The van der Waals surface area contributed by atoms with Crippen LogP contribution in [0.25, 0.3) is 5.57 Å². The van der Waals surface area contributed by atoms with Gasteiger partial charge in [-0.25, -0.2) is 0 Å². The summed E-state index contributed by atoms with van der Waals surface area (Å²) >= 11 is 12.9. The summed E-state index contributed by atoms with van der Waals surface area (Å²) in [7, 11) is 2.16. The number of hydrogen-bond donors (Lipinski definition) is 0. The predicted molar refractivity (Wildman–Crippen MR) is 186 cm³/mol. The van der Waals surface area contributed by atoms with Crippen LogP contribution in [-0.4, -0.2) is 11.9 Å². The monoisotopic (exact) mass is 587 g/mol. The molecule has 1 aliphatic heterocycles. The van der Waals surface area contributed by atoms with Crippen LogP contribution in [0.4, 0.5) is 5.69 Å². The molecule has 3 aromatic rings. The Kier molecular flexibility index (Phi) is 9.26. The Morgan fingerprint density at radius 2 is 1.48 bits per heavy atom. The standard InChI is InChI=1S/C39H38ClNS/c1-28(30-14-7-5-8-15-30)26-29(27-36(42)31-16-9-6-10-17-31)22-23-32-18-13-19-33(38(32)40)24-25-37-39(2,3)34-20-11-12-21-35(34)41(37)4/h5-12,14-17,20-27H,13,18-19H2,1-4H3/b23-22+,28-26+,29-27-,33-24+,37-25+. The van der Waals surface area contributed by atoms with Crippen molar-refractivity contribution in [3.05, 3.63) is 166 Å². The van der Waals surface area contributed by atoms with E-state index in [1.54, 1.807) is 0 Å². The van der Waals surface area contributed by atoms with Gasteiger partial charge >= 0.3 is 0 Å². The van der Waals surface area contributed by atoms with Crippen LogP contribution >= 0.6 is 23.8 Å². The van der Waals surface area contributed by atoms with Crippen molar-refractivity contribution in [1.29, 1.82) is 0 Å². The minimum absolute atomic E-state index is 0.0597. The second-order valence-corrected chi connectivity index (χ2v) is 12.4. The van der Waals surface area contributed by atoms with E-state index in [-0.39, 0.29) is 5.41 Å². The van der Waals surface area contributed by atoms with E-state index in [0.29, 0.717) is 0 Å². The molecule has 1 nitrogen and oxygen atoms in total. The Morgan fingerprint density at radius 1 is 0.833 bits per heavy atom. The van der Waals surface area contributed by atoms with E-state index < -0.39 is 0 Å². The van der Waals surface area contributed by atoms with Gasteiger partial charge in [-0.2, -0.15) is 0 Å². The number of fused-ring (bicyclic) bond motifs is 1. The average Bonchev–Trinajstić information content (AvgIpc) is 3.20. The molecule has 212 valence electrons. The molecule has 0 saturated carbocycles. The molecular weight excluding hydrogens is 550 g/mol. The number of benzene rings is 3. The number of thiocarbonyl (C=S) groups is 1. The fraction of sp³-hybridized carbons (Fsp3) is 0.205. The van der Waals surface area contributed by atoms with Gasteiger partial charge in [0.15, 0.2) is 0 Å². The quantitative estimate of drug-likeness (QED) is 0.117. The number of halogens is 1. The van der Waals surface area contributed by atoms with Crippen LogP contribution < -0.4 is 4.90 Å². The number of allylic oxidation sites excluding steroid dienone is 12. The summed E-state index contributed by atoms with van der Waals surface area (Å²) in [5, 5.41) is 0.860. The van der Waals surface area contributed by atoms with Crippen molar-refractivity contribution in [3.8, 4) is 0 Å². The molecule has 0 saturated heterocycles. The Bertz CT molecular complexity index is 1650. The van der Waals surface area contributed by atoms with E-state index in [9.17, 15) is 0 Å². The molecule has 0 bridgehead atoms. The first-order valence-corrected chi connectivity index (χ1v) is 15.4. The minimum atomic E-state index is -0.0597. The fourth-order valence-corrected chi connectivity index (χ4v) is 6.48. The molecule has 42 heavy (non-hydrogen) atoms. The number of likely N-dealkylation sites (N-methyl/N-ethyl adjacent to an activating group) is 1. The highest BCUT2D eigenvalue weighted by Crippen LogP contribution is 2.47. The molecule has 3 aromatic carbocycles. The topological polar surface area (TPSA) is 3.24 Å². The van der Waals surface area contributed by atoms with Crippen LogP contribution in [0.15, 0.2) is 149 Å². The highest BCUT2D eigenvalue weighted by molar-refractivity contribution is 7.81. The first-order valence-electron chi connectivity index (χ1n) is 14.6. The molecule has 2 aliphatic rings. The van der Waals surface area contributed by atoms with Crippen LogP contribution in [0.3, 0.4) is 0 Å². The molecule has 0 amide bonds. The van der Waals surface area contributed by atoms with Gasteiger partial charge in [-0.05, 0) is 83.4 Å². The maximum absolute atomic E-state index is 7.07. The molecule has 1 aliphatic carbocycles. The lowest BCUT2D eigenvalue weighted by Crippen LogP contribution is -2.22. The largest absolute Gasteiger partial charge is 0.347 e. The molecule has 0 N–H and O–H groups in total. The molecule has 1 heterocycles. The summed E-state index contributed by atoms with van der Waals surface area (Å²) in [4.78, 5) is 3.12. The second kappa shape index (κ2) is 13.1. The van der Waals surface area contributed by atoms with Gasteiger partial charge in [0.25, 0.3) is 0 Å². The van der Waals surface area contributed by atoms with E-state index in [2.05, 4.69) is 130 Å². The van der Waals surface area contributed by atoms with Crippen molar-refractivity contribution in [2.75, 3.05) is 11.9 Å². The average molecular weight is 588 g/mol. The van der Waals surface area contributed by atoms with E-state index in [0.717, 1.165) is 45.9 Å². The molecule has 0 radical (unpaired) electrons. The Labute approximate surface area is 261 Å². The molecule has 0 aromatic heterocycles. The maximum Gasteiger partial charge on any atom is 0.0469 e. The van der Waals surface area contributed by atoms with E-state index in [1.165, 1.54) is 33.7 Å². The van der Waals surface area contributed by atoms with Gasteiger partial charge in [-0.3, -0.25) is 0 Å². The molecule has 0 fully saturated rings. The number of rotatable bonds is 7. The molecule has 0 spiro atoms. The van der Waals surface area contributed by atoms with Crippen LogP contribution in [0.2, 0.25) is 0 Å². The van der Waals surface area contributed by atoms with Gasteiger partial charge in [0.05, 0.1) is 0 Å². The van der Waals surface area contributed by atoms with E-state index in [1.807, 2.05) is 24.3 Å². The number of anilines is 1. The van der Waals surface area contributed by atoms with Crippen molar-refractivity contribution < 1.29 is 0 Å². The van der Waals surface area contributed by atoms with E-state index in [4.69, 9.17) is 23.8 Å². The summed E-state index contributed by atoms with van der Waals surface area (Å²) in [6.07, 6.45) is 16.1. The van der Waals surface area contributed by atoms with Gasteiger partial charge in [0.1, 0.15) is 0 Å². The smallest absolute Gasteiger partial charge is 0.0469 e. The summed E-state index contributed by atoms with van der Waals surface area (Å²) in [5.41, 5.74) is 10.7. The van der Waals surface area contributed by atoms with Crippen LogP contribution in [0.1, 0.15) is 56.7 Å². The first-order chi connectivity index (χ1) is 20.3. The fourth-order valence-electron chi connectivity index (χ4n) is 5.90. The summed E-state index contributed by atoms with van der Waals surface area (Å²) in [6.45, 7) is 6.74. The number of para-hydroxylation sites is 1. The van der Waals surface area contributed by atoms with Gasteiger partial charge in [-0.1, -0.05) is 141 Å². The first kappa shape index (κ1) is 29.8. The van der Waals surface area contributed by atoms with Crippen molar-refractivity contribution >= 4 is 39.9 Å². The lowest BCUT2D eigenvalue weighted by Gasteiger charge is -2.24. The third kappa shape index (κ3) is 6.51. The molecule has 3 heteroatoms. The Hall–Kier alpha value is -3.72. The molecule has 0 atom stereocenters. The zero-order valence-electron chi connectivity index (χ0n) is 24.9. The van der Waals surface area contributed by atoms with Crippen LogP contribution in [-0.2, 0) is 5.41 Å². The van der Waals surface area contributed by atoms with Gasteiger partial charge < -0.3 is 4.90 Å². The number of nitrogens with zero attached hydrogens (tertiary/aromatic N) is 1. The van der Waals surface area contributed by atoms with Gasteiger partial charge in [0.2, 0.25) is 0 Å². The van der Waals surface area contributed by atoms with Crippen LogP contribution in [0.5, 0.6) is 0 Å². The third-order valence-electron chi connectivity index (χ3n) is 8.28. The lowest BCUT2D eigenvalue weighted by atomic mass is 9.83. The zero-order chi connectivity index (χ0) is 29.7. The third-order valence-corrected chi connectivity index (χ3v) is 9.12.